The van der Waals surface area contributed by atoms with Gasteiger partial charge in [-0.25, -0.2) is 0 Å². The molecule has 0 N–H and O–H groups in total. The molecule has 1 aliphatic rings. The number of allylic oxidation sites excluding steroid dienone is 1. The summed E-state index contributed by atoms with van der Waals surface area (Å²) in [6.45, 7) is 11.5. The van der Waals surface area contributed by atoms with E-state index in [4.69, 9.17) is 4.74 Å². The fraction of sp³-hybridized carbons (Fsp3) is 0.714. The molecule has 1 rings (SSSR count). The van der Waals surface area contributed by atoms with Crippen molar-refractivity contribution >= 4 is 8.07 Å². The van der Waals surface area contributed by atoms with Gasteiger partial charge in [0, 0.05) is 0 Å². The van der Waals surface area contributed by atoms with Crippen LogP contribution in [0.2, 0.25) is 19.6 Å². The quantitative estimate of drug-likeness (QED) is 0.388. The zero-order valence-electron chi connectivity index (χ0n) is 11.1. The van der Waals surface area contributed by atoms with Crippen LogP contribution < -0.4 is 0 Å². The lowest BCUT2D eigenvalue weighted by Gasteiger charge is -2.20. The van der Waals surface area contributed by atoms with Crippen molar-refractivity contribution in [3.05, 3.63) is 24.1 Å². The standard InChI is InChI=1S/C14H26OSi/c1-13(16(2,3)4)15-12-8-11-14-9-6-5-7-10-14/h8,11,14H,1,5-7,9-10,12H2,2-4H3/b11-8+. The molecule has 0 spiro atoms. The van der Waals surface area contributed by atoms with Gasteiger partial charge in [-0.15, -0.1) is 0 Å². The second-order valence-corrected chi connectivity index (χ2v) is 10.9. The smallest absolute Gasteiger partial charge is 0.121 e. The van der Waals surface area contributed by atoms with E-state index in [0.717, 1.165) is 11.3 Å². The lowest BCUT2D eigenvalue weighted by Crippen LogP contribution is -2.25. The van der Waals surface area contributed by atoms with Gasteiger partial charge in [-0.1, -0.05) is 57.6 Å². The zero-order chi connectivity index (χ0) is 12.0. The van der Waals surface area contributed by atoms with Crippen LogP contribution in [0, 0.1) is 5.92 Å². The Hall–Kier alpha value is -0.503. The lowest BCUT2D eigenvalue weighted by atomic mass is 9.89. The molecule has 0 heterocycles. The van der Waals surface area contributed by atoms with E-state index in [1.165, 1.54) is 32.1 Å². The summed E-state index contributed by atoms with van der Waals surface area (Å²) < 4.78 is 5.68. The van der Waals surface area contributed by atoms with E-state index in [-0.39, 0.29) is 0 Å². The molecule has 0 aromatic rings. The maximum absolute atomic E-state index is 5.68. The van der Waals surface area contributed by atoms with E-state index in [0.29, 0.717) is 6.61 Å². The molecule has 0 bridgehead atoms. The van der Waals surface area contributed by atoms with E-state index in [1.54, 1.807) is 0 Å². The Balaban J connectivity index is 2.19. The van der Waals surface area contributed by atoms with Crippen molar-refractivity contribution in [2.45, 2.75) is 51.7 Å². The van der Waals surface area contributed by atoms with E-state index in [9.17, 15) is 0 Å². The molecule has 1 fully saturated rings. The monoisotopic (exact) mass is 238 g/mol. The van der Waals surface area contributed by atoms with Crippen molar-refractivity contribution in [1.82, 2.24) is 0 Å². The molecule has 0 aromatic carbocycles. The molecule has 92 valence electrons. The molecule has 0 aromatic heterocycles. The molecular weight excluding hydrogens is 212 g/mol. The summed E-state index contributed by atoms with van der Waals surface area (Å²) in [7, 11) is -1.30. The summed E-state index contributed by atoms with van der Waals surface area (Å²) in [4.78, 5) is 0. The maximum Gasteiger partial charge on any atom is 0.121 e. The van der Waals surface area contributed by atoms with Crippen molar-refractivity contribution in [2.75, 3.05) is 6.61 Å². The van der Waals surface area contributed by atoms with E-state index in [1.807, 2.05) is 0 Å². The minimum atomic E-state index is -1.30. The van der Waals surface area contributed by atoms with Crippen LogP contribution in [0.1, 0.15) is 32.1 Å². The van der Waals surface area contributed by atoms with Gasteiger partial charge in [0.05, 0.1) is 5.38 Å². The van der Waals surface area contributed by atoms with Gasteiger partial charge in [0.25, 0.3) is 0 Å². The third-order valence-corrected chi connectivity index (χ3v) is 5.07. The van der Waals surface area contributed by atoms with Crippen molar-refractivity contribution in [3.63, 3.8) is 0 Å². The molecule has 1 saturated carbocycles. The van der Waals surface area contributed by atoms with Crippen LogP contribution in [0.25, 0.3) is 0 Å². The third-order valence-electron chi connectivity index (χ3n) is 3.25. The molecule has 1 nitrogen and oxygen atoms in total. The molecule has 0 amide bonds. The highest BCUT2D eigenvalue weighted by Crippen LogP contribution is 2.24. The second kappa shape index (κ2) is 6.29. The summed E-state index contributed by atoms with van der Waals surface area (Å²) in [5, 5.41) is 1.01. The minimum Gasteiger partial charge on any atom is -0.500 e. The average Bonchev–Trinajstić information content (AvgIpc) is 2.24. The van der Waals surface area contributed by atoms with Gasteiger partial charge in [0.15, 0.2) is 0 Å². The highest BCUT2D eigenvalue weighted by atomic mass is 28.3. The Kier molecular flexibility index (Phi) is 5.33. The van der Waals surface area contributed by atoms with E-state index >= 15 is 0 Å². The van der Waals surface area contributed by atoms with Gasteiger partial charge in [-0.2, -0.15) is 0 Å². The van der Waals surface area contributed by atoms with Gasteiger partial charge >= 0.3 is 0 Å². The van der Waals surface area contributed by atoms with Crippen LogP contribution >= 0.6 is 0 Å². The van der Waals surface area contributed by atoms with Crippen molar-refractivity contribution in [3.8, 4) is 0 Å². The van der Waals surface area contributed by atoms with Crippen LogP contribution in [-0.4, -0.2) is 14.7 Å². The number of rotatable bonds is 5. The summed E-state index contributed by atoms with van der Waals surface area (Å²) in [5.41, 5.74) is 0. The molecule has 0 aliphatic heterocycles. The Labute approximate surface area is 102 Å². The first-order valence-corrected chi connectivity index (χ1v) is 9.99. The molecule has 2 heteroatoms. The summed E-state index contributed by atoms with van der Waals surface area (Å²) in [6.07, 6.45) is 11.5. The van der Waals surface area contributed by atoms with Crippen LogP contribution in [0.15, 0.2) is 24.1 Å². The van der Waals surface area contributed by atoms with Gasteiger partial charge < -0.3 is 4.74 Å². The number of hydrogen-bond acceptors (Lipinski definition) is 1. The van der Waals surface area contributed by atoms with Crippen LogP contribution in [0.5, 0.6) is 0 Å². The maximum atomic E-state index is 5.68. The fourth-order valence-electron chi connectivity index (χ4n) is 1.94. The molecule has 0 radical (unpaired) electrons. The normalized spacial score (nSPS) is 18.9. The predicted molar refractivity (Wildman–Crippen MR) is 74.2 cm³/mol. The number of ether oxygens (including phenoxy) is 1. The Morgan fingerprint density at radius 1 is 1.25 bits per heavy atom. The van der Waals surface area contributed by atoms with E-state index < -0.39 is 8.07 Å². The first-order chi connectivity index (χ1) is 7.50. The van der Waals surface area contributed by atoms with Gasteiger partial charge in [-0.3, -0.25) is 0 Å². The van der Waals surface area contributed by atoms with Gasteiger partial charge in [0.1, 0.15) is 14.7 Å². The lowest BCUT2D eigenvalue weighted by molar-refractivity contribution is 0.270. The van der Waals surface area contributed by atoms with E-state index in [2.05, 4.69) is 38.4 Å². The largest absolute Gasteiger partial charge is 0.500 e. The molecule has 16 heavy (non-hydrogen) atoms. The number of hydrogen-bond donors (Lipinski definition) is 0. The second-order valence-electron chi connectivity index (χ2n) is 5.81. The first kappa shape index (κ1) is 13.6. The van der Waals surface area contributed by atoms with Gasteiger partial charge in [-0.05, 0) is 18.8 Å². The van der Waals surface area contributed by atoms with Gasteiger partial charge in [0.2, 0.25) is 0 Å². The van der Waals surface area contributed by atoms with Crippen molar-refractivity contribution < 1.29 is 4.74 Å². The topological polar surface area (TPSA) is 9.23 Å². The zero-order valence-corrected chi connectivity index (χ0v) is 12.1. The molecule has 1 aliphatic carbocycles. The Morgan fingerprint density at radius 2 is 1.88 bits per heavy atom. The van der Waals surface area contributed by atoms with Crippen molar-refractivity contribution in [1.29, 1.82) is 0 Å². The highest BCUT2D eigenvalue weighted by molar-refractivity contribution is 6.82. The predicted octanol–water partition coefficient (Wildman–Crippen LogP) is 4.53. The van der Waals surface area contributed by atoms with Crippen molar-refractivity contribution in [2.24, 2.45) is 5.92 Å². The summed E-state index contributed by atoms with van der Waals surface area (Å²) in [5.74, 6) is 0.803. The fourth-order valence-corrected chi connectivity index (χ4v) is 2.46. The summed E-state index contributed by atoms with van der Waals surface area (Å²) in [6, 6.07) is 0. The molecule has 0 saturated heterocycles. The Bertz CT molecular complexity index is 244. The van der Waals surface area contributed by atoms with Crippen LogP contribution in [0.4, 0.5) is 0 Å². The highest BCUT2D eigenvalue weighted by Gasteiger charge is 2.18. The first-order valence-electron chi connectivity index (χ1n) is 6.49. The molecular formula is C14H26OSi. The molecule has 0 unspecified atom stereocenters. The summed E-state index contributed by atoms with van der Waals surface area (Å²) >= 11 is 0. The minimum absolute atomic E-state index is 0.708. The van der Waals surface area contributed by atoms with Crippen LogP contribution in [0.3, 0.4) is 0 Å². The SMILES string of the molecule is C=C(OC/C=C/C1CCCCC1)[Si](C)(C)C. The molecule has 0 atom stereocenters. The third kappa shape index (κ3) is 5.02. The van der Waals surface area contributed by atoms with Crippen LogP contribution in [-0.2, 0) is 4.74 Å². The average molecular weight is 238 g/mol. The Morgan fingerprint density at radius 3 is 2.44 bits per heavy atom.